The average molecular weight is 206 g/mol. The number of nitrogens with zero attached hydrogens (tertiary/aromatic N) is 2. The minimum atomic E-state index is -1.25. The van der Waals surface area contributed by atoms with Crippen molar-refractivity contribution in [3.63, 3.8) is 0 Å². The average Bonchev–Trinajstić information content (AvgIpc) is 2.16. The molecular formula is C9H6N2O4. The summed E-state index contributed by atoms with van der Waals surface area (Å²) in [7, 11) is 0. The van der Waals surface area contributed by atoms with Gasteiger partial charge in [-0.15, -0.1) is 0 Å². The SMILES string of the molecule is Cc1cc(C#N)c([N+](=O)[O-])cc1C(=O)O. The first-order valence-electron chi connectivity index (χ1n) is 3.89. The van der Waals surface area contributed by atoms with Crippen LogP contribution in [-0.2, 0) is 0 Å². The lowest BCUT2D eigenvalue weighted by Crippen LogP contribution is -2.03. The minimum Gasteiger partial charge on any atom is -0.478 e. The van der Waals surface area contributed by atoms with Crippen LogP contribution in [0.4, 0.5) is 5.69 Å². The van der Waals surface area contributed by atoms with E-state index in [2.05, 4.69) is 0 Å². The van der Waals surface area contributed by atoms with Gasteiger partial charge in [-0.2, -0.15) is 5.26 Å². The van der Waals surface area contributed by atoms with Crippen molar-refractivity contribution in [2.45, 2.75) is 6.92 Å². The molecule has 0 aromatic heterocycles. The van der Waals surface area contributed by atoms with Gasteiger partial charge in [-0.3, -0.25) is 10.1 Å². The zero-order valence-electron chi connectivity index (χ0n) is 7.72. The predicted molar refractivity (Wildman–Crippen MR) is 49.5 cm³/mol. The molecule has 15 heavy (non-hydrogen) atoms. The summed E-state index contributed by atoms with van der Waals surface area (Å²) in [5, 5.41) is 27.9. The number of carboxylic acids is 1. The van der Waals surface area contributed by atoms with Gasteiger partial charge in [0, 0.05) is 6.07 Å². The summed E-state index contributed by atoms with van der Waals surface area (Å²) in [6.07, 6.45) is 0. The minimum absolute atomic E-state index is 0.137. The van der Waals surface area contributed by atoms with Crippen molar-refractivity contribution < 1.29 is 14.8 Å². The Morgan fingerprint density at radius 2 is 2.20 bits per heavy atom. The van der Waals surface area contributed by atoms with Gasteiger partial charge < -0.3 is 5.11 Å². The fourth-order valence-corrected chi connectivity index (χ4v) is 1.17. The van der Waals surface area contributed by atoms with Crippen LogP contribution in [0.1, 0.15) is 21.5 Å². The summed E-state index contributed by atoms with van der Waals surface area (Å²) >= 11 is 0. The Bertz CT molecular complexity index is 488. The van der Waals surface area contributed by atoms with E-state index in [-0.39, 0.29) is 11.1 Å². The molecule has 0 amide bonds. The number of hydrogen-bond donors (Lipinski definition) is 1. The Morgan fingerprint density at radius 3 is 2.60 bits per heavy atom. The second kappa shape index (κ2) is 3.75. The van der Waals surface area contributed by atoms with Crippen LogP contribution in [-0.4, -0.2) is 16.0 Å². The summed E-state index contributed by atoms with van der Waals surface area (Å²) < 4.78 is 0. The van der Waals surface area contributed by atoms with Gasteiger partial charge in [0.25, 0.3) is 5.69 Å². The van der Waals surface area contributed by atoms with Gasteiger partial charge in [0.15, 0.2) is 0 Å². The third-order valence-corrected chi connectivity index (χ3v) is 1.89. The molecule has 1 aromatic carbocycles. The monoisotopic (exact) mass is 206 g/mol. The van der Waals surface area contributed by atoms with Crippen molar-refractivity contribution in [2.75, 3.05) is 0 Å². The van der Waals surface area contributed by atoms with Crippen LogP contribution >= 0.6 is 0 Å². The number of hydrogen-bond acceptors (Lipinski definition) is 4. The molecule has 0 spiro atoms. The van der Waals surface area contributed by atoms with E-state index in [0.717, 1.165) is 6.07 Å². The zero-order valence-corrected chi connectivity index (χ0v) is 7.72. The number of carboxylic acid groups (broad SMARTS) is 1. The first kappa shape index (κ1) is 10.7. The smallest absolute Gasteiger partial charge is 0.336 e. The van der Waals surface area contributed by atoms with Crippen LogP contribution in [0.25, 0.3) is 0 Å². The van der Waals surface area contributed by atoms with E-state index in [1.165, 1.54) is 13.0 Å². The number of nitriles is 1. The second-order valence-electron chi connectivity index (χ2n) is 2.86. The summed E-state index contributed by atoms with van der Waals surface area (Å²) in [5.74, 6) is -1.25. The molecule has 0 aliphatic carbocycles. The highest BCUT2D eigenvalue weighted by atomic mass is 16.6. The molecule has 1 N–H and O–H groups in total. The predicted octanol–water partition coefficient (Wildman–Crippen LogP) is 1.47. The van der Waals surface area contributed by atoms with E-state index in [9.17, 15) is 14.9 Å². The third kappa shape index (κ3) is 1.91. The first-order chi connectivity index (χ1) is 6.97. The molecule has 1 rings (SSSR count). The van der Waals surface area contributed by atoms with Crippen molar-refractivity contribution in [2.24, 2.45) is 0 Å². The lowest BCUT2D eigenvalue weighted by Gasteiger charge is -2.01. The standard InChI is InChI=1S/C9H6N2O4/c1-5-2-6(4-10)8(11(14)15)3-7(5)9(12)13/h2-3H,1H3,(H,12,13). The van der Waals surface area contributed by atoms with Gasteiger partial charge in [-0.05, 0) is 18.6 Å². The van der Waals surface area contributed by atoms with Crippen LogP contribution < -0.4 is 0 Å². The number of aromatic carboxylic acids is 1. The van der Waals surface area contributed by atoms with Crippen molar-refractivity contribution in [3.8, 4) is 6.07 Å². The molecule has 0 saturated heterocycles. The molecule has 0 aliphatic rings. The molecule has 0 saturated carbocycles. The highest BCUT2D eigenvalue weighted by Crippen LogP contribution is 2.22. The normalized spacial score (nSPS) is 9.33. The lowest BCUT2D eigenvalue weighted by atomic mass is 10.0. The van der Waals surface area contributed by atoms with Crippen LogP contribution in [0.3, 0.4) is 0 Å². The van der Waals surface area contributed by atoms with Crippen LogP contribution in [0.15, 0.2) is 12.1 Å². The fraction of sp³-hybridized carbons (Fsp3) is 0.111. The Balaban J connectivity index is 3.52. The van der Waals surface area contributed by atoms with Crippen molar-refractivity contribution in [1.29, 1.82) is 5.26 Å². The number of rotatable bonds is 2. The molecule has 1 aromatic rings. The topological polar surface area (TPSA) is 104 Å². The number of nitro benzene ring substituents is 1. The Morgan fingerprint density at radius 1 is 1.60 bits per heavy atom. The lowest BCUT2D eigenvalue weighted by molar-refractivity contribution is -0.385. The Hall–Kier alpha value is -2.42. The Kier molecular flexibility index (Phi) is 2.67. The highest BCUT2D eigenvalue weighted by molar-refractivity contribution is 5.90. The number of benzene rings is 1. The molecule has 0 atom stereocenters. The fourth-order valence-electron chi connectivity index (χ4n) is 1.17. The maximum atomic E-state index is 10.7. The van der Waals surface area contributed by atoms with E-state index in [1.807, 2.05) is 0 Å². The number of aryl methyl sites for hydroxylation is 1. The van der Waals surface area contributed by atoms with Gasteiger partial charge in [0.05, 0.1) is 10.5 Å². The molecule has 0 bridgehead atoms. The summed E-state index contributed by atoms with van der Waals surface area (Å²) in [4.78, 5) is 20.4. The van der Waals surface area contributed by atoms with Gasteiger partial charge in [0.1, 0.15) is 11.6 Å². The molecule has 6 nitrogen and oxygen atoms in total. The van der Waals surface area contributed by atoms with E-state index < -0.39 is 16.6 Å². The van der Waals surface area contributed by atoms with E-state index in [1.54, 1.807) is 6.07 Å². The summed E-state index contributed by atoms with van der Waals surface area (Å²) in [6.45, 7) is 1.48. The first-order valence-corrected chi connectivity index (χ1v) is 3.89. The van der Waals surface area contributed by atoms with Gasteiger partial charge in [0.2, 0.25) is 0 Å². The number of carbonyl (C=O) groups is 1. The molecule has 76 valence electrons. The van der Waals surface area contributed by atoms with Crippen LogP contribution in [0.5, 0.6) is 0 Å². The van der Waals surface area contributed by atoms with Gasteiger partial charge in [-0.25, -0.2) is 4.79 Å². The van der Waals surface area contributed by atoms with E-state index in [4.69, 9.17) is 10.4 Å². The largest absolute Gasteiger partial charge is 0.478 e. The zero-order chi connectivity index (χ0) is 11.6. The molecule has 0 unspecified atom stereocenters. The number of nitro groups is 1. The van der Waals surface area contributed by atoms with Crippen molar-refractivity contribution in [1.82, 2.24) is 0 Å². The highest BCUT2D eigenvalue weighted by Gasteiger charge is 2.19. The second-order valence-corrected chi connectivity index (χ2v) is 2.86. The van der Waals surface area contributed by atoms with E-state index in [0.29, 0.717) is 5.56 Å². The van der Waals surface area contributed by atoms with E-state index >= 15 is 0 Å². The molecular weight excluding hydrogens is 200 g/mol. The van der Waals surface area contributed by atoms with Crippen molar-refractivity contribution in [3.05, 3.63) is 38.9 Å². The van der Waals surface area contributed by atoms with Gasteiger partial charge >= 0.3 is 5.97 Å². The molecule has 0 radical (unpaired) electrons. The molecule has 6 heteroatoms. The van der Waals surface area contributed by atoms with Crippen molar-refractivity contribution >= 4 is 11.7 Å². The maximum absolute atomic E-state index is 10.7. The van der Waals surface area contributed by atoms with Crippen LogP contribution in [0, 0.1) is 28.4 Å². The quantitative estimate of drug-likeness (QED) is 0.582. The maximum Gasteiger partial charge on any atom is 0.336 e. The summed E-state index contributed by atoms with van der Waals surface area (Å²) in [6, 6.07) is 3.74. The molecule has 0 heterocycles. The van der Waals surface area contributed by atoms with Gasteiger partial charge in [-0.1, -0.05) is 0 Å². The molecule has 0 aliphatic heterocycles. The third-order valence-electron chi connectivity index (χ3n) is 1.89. The molecule has 0 fully saturated rings. The Labute approximate surface area is 84.5 Å². The van der Waals surface area contributed by atoms with Crippen LogP contribution in [0.2, 0.25) is 0 Å². The summed E-state index contributed by atoms with van der Waals surface area (Å²) in [5.41, 5.74) is -0.464.